The van der Waals surface area contributed by atoms with E-state index >= 15 is 0 Å². The Hall–Kier alpha value is -2.00. The molecule has 0 saturated carbocycles. The van der Waals surface area contributed by atoms with Crippen LogP contribution in [0.5, 0.6) is 5.75 Å². The van der Waals surface area contributed by atoms with Gasteiger partial charge in [0.25, 0.3) is 5.91 Å². The van der Waals surface area contributed by atoms with Crippen LogP contribution in [0.25, 0.3) is 0 Å². The van der Waals surface area contributed by atoms with Crippen molar-refractivity contribution in [3.63, 3.8) is 0 Å². The van der Waals surface area contributed by atoms with Crippen LogP contribution in [0, 0.1) is 6.92 Å². The number of carbonyl (C=O) groups is 1. The molecule has 1 aliphatic rings. The first-order valence-electron chi connectivity index (χ1n) is 6.94. The van der Waals surface area contributed by atoms with Crippen molar-refractivity contribution in [1.29, 1.82) is 0 Å². The van der Waals surface area contributed by atoms with E-state index in [9.17, 15) is 9.90 Å². The Labute approximate surface area is 128 Å². The highest BCUT2D eigenvalue weighted by atomic mass is 35.5. The fourth-order valence-electron chi connectivity index (χ4n) is 2.91. The number of halogens is 1. The Morgan fingerprint density at radius 3 is 2.90 bits per heavy atom. The Morgan fingerprint density at radius 1 is 1.33 bits per heavy atom. The lowest BCUT2D eigenvalue weighted by atomic mass is 10.0. The average Bonchev–Trinajstić information content (AvgIpc) is 2.80. The Balaban J connectivity index is 1.85. The van der Waals surface area contributed by atoms with Crippen LogP contribution in [0.4, 0.5) is 0 Å². The first-order valence-corrected chi connectivity index (χ1v) is 7.32. The van der Waals surface area contributed by atoms with Crippen LogP contribution in [0.1, 0.15) is 39.5 Å². The Morgan fingerprint density at radius 2 is 2.14 bits per heavy atom. The minimum atomic E-state index is -0.238. The second-order valence-corrected chi connectivity index (χ2v) is 5.81. The maximum atomic E-state index is 12.4. The topological polar surface area (TPSA) is 49.3 Å². The number of carbonyl (C=O) groups excluding carboxylic acids is 1. The van der Waals surface area contributed by atoms with Crippen molar-refractivity contribution in [2.45, 2.75) is 25.8 Å². The van der Waals surface area contributed by atoms with Crippen molar-refractivity contribution in [3.8, 4) is 5.75 Å². The van der Waals surface area contributed by atoms with Crippen molar-refractivity contribution >= 4 is 17.5 Å². The molecule has 4 heteroatoms. The molecular weight excluding hydrogens is 286 g/mol. The quantitative estimate of drug-likeness (QED) is 0.887. The van der Waals surface area contributed by atoms with Gasteiger partial charge in [-0.05, 0) is 54.7 Å². The van der Waals surface area contributed by atoms with E-state index < -0.39 is 0 Å². The summed E-state index contributed by atoms with van der Waals surface area (Å²) in [7, 11) is 0. The van der Waals surface area contributed by atoms with Gasteiger partial charge in [0.1, 0.15) is 5.75 Å². The third-order valence-electron chi connectivity index (χ3n) is 3.97. The Kier molecular flexibility index (Phi) is 3.60. The SMILES string of the molecule is Cc1cccc(O)c1C(=O)NC1CCc2cc(Cl)ccc21. The largest absolute Gasteiger partial charge is 0.507 e. The number of phenolic OH excluding ortho intramolecular Hbond substituents is 1. The molecular formula is C17H16ClNO2. The molecule has 0 radical (unpaired) electrons. The van der Waals surface area contributed by atoms with Crippen molar-refractivity contribution in [3.05, 3.63) is 63.7 Å². The van der Waals surface area contributed by atoms with E-state index in [1.807, 2.05) is 31.2 Å². The number of aromatic hydroxyl groups is 1. The maximum absolute atomic E-state index is 12.4. The number of aryl methyl sites for hydroxylation is 2. The number of nitrogens with one attached hydrogen (secondary N) is 1. The van der Waals surface area contributed by atoms with E-state index in [1.165, 1.54) is 11.6 Å². The highest BCUT2D eigenvalue weighted by molar-refractivity contribution is 6.30. The molecule has 3 rings (SSSR count). The van der Waals surface area contributed by atoms with Gasteiger partial charge in [-0.25, -0.2) is 0 Å². The molecule has 0 spiro atoms. The molecule has 0 saturated heterocycles. The number of amides is 1. The highest BCUT2D eigenvalue weighted by Crippen LogP contribution is 2.33. The van der Waals surface area contributed by atoms with E-state index in [0.29, 0.717) is 5.56 Å². The molecule has 0 bridgehead atoms. The summed E-state index contributed by atoms with van der Waals surface area (Å²) in [5.74, 6) is -0.222. The zero-order valence-corrected chi connectivity index (χ0v) is 12.4. The van der Waals surface area contributed by atoms with Crippen LogP contribution in [0.3, 0.4) is 0 Å². The van der Waals surface area contributed by atoms with Gasteiger partial charge < -0.3 is 10.4 Å². The van der Waals surface area contributed by atoms with Gasteiger partial charge in [0.2, 0.25) is 0 Å². The summed E-state index contributed by atoms with van der Waals surface area (Å²) in [5, 5.41) is 13.6. The van der Waals surface area contributed by atoms with E-state index in [-0.39, 0.29) is 17.7 Å². The van der Waals surface area contributed by atoms with Crippen LogP contribution in [-0.2, 0) is 6.42 Å². The maximum Gasteiger partial charge on any atom is 0.255 e. The zero-order chi connectivity index (χ0) is 15.0. The summed E-state index contributed by atoms with van der Waals surface area (Å²) >= 11 is 5.99. The molecule has 2 aromatic carbocycles. The molecule has 0 aliphatic heterocycles. The summed E-state index contributed by atoms with van der Waals surface area (Å²) in [4.78, 5) is 12.4. The molecule has 1 aliphatic carbocycles. The second kappa shape index (κ2) is 5.41. The first kappa shape index (κ1) is 14.0. The highest BCUT2D eigenvalue weighted by Gasteiger charge is 2.25. The molecule has 21 heavy (non-hydrogen) atoms. The molecule has 2 aromatic rings. The molecule has 0 fully saturated rings. The van der Waals surface area contributed by atoms with Crippen molar-refractivity contribution in [2.24, 2.45) is 0 Å². The molecule has 2 N–H and O–H groups in total. The van der Waals surface area contributed by atoms with Crippen LogP contribution < -0.4 is 5.32 Å². The number of rotatable bonds is 2. The summed E-state index contributed by atoms with van der Waals surface area (Å²) in [6.45, 7) is 1.82. The van der Waals surface area contributed by atoms with E-state index in [0.717, 1.165) is 29.0 Å². The van der Waals surface area contributed by atoms with Gasteiger partial charge in [0.15, 0.2) is 0 Å². The summed E-state index contributed by atoms with van der Waals surface area (Å²) < 4.78 is 0. The number of benzene rings is 2. The van der Waals surface area contributed by atoms with Crippen molar-refractivity contribution in [1.82, 2.24) is 5.32 Å². The molecule has 0 aromatic heterocycles. The van der Waals surface area contributed by atoms with Crippen LogP contribution >= 0.6 is 11.6 Å². The third-order valence-corrected chi connectivity index (χ3v) is 4.20. The molecule has 3 nitrogen and oxygen atoms in total. The molecule has 1 amide bonds. The van der Waals surface area contributed by atoms with Crippen LogP contribution in [-0.4, -0.2) is 11.0 Å². The molecule has 1 atom stereocenters. The Bertz CT molecular complexity index is 692. The number of hydrogen-bond acceptors (Lipinski definition) is 2. The van der Waals surface area contributed by atoms with Crippen molar-refractivity contribution < 1.29 is 9.90 Å². The predicted molar refractivity (Wildman–Crippen MR) is 82.8 cm³/mol. The predicted octanol–water partition coefficient (Wildman–Crippen LogP) is 3.77. The second-order valence-electron chi connectivity index (χ2n) is 5.38. The minimum absolute atomic E-state index is 0.0156. The number of fused-ring (bicyclic) bond motifs is 1. The van der Waals surface area contributed by atoms with Gasteiger partial charge in [0, 0.05) is 5.02 Å². The lowest BCUT2D eigenvalue weighted by Crippen LogP contribution is -2.27. The average molecular weight is 302 g/mol. The first-order chi connectivity index (χ1) is 10.1. The summed E-state index contributed by atoms with van der Waals surface area (Å²) in [6, 6.07) is 10.8. The van der Waals surface area contributed by atoms with E-state index in [1.54, 1.807) is 6.07 Å². The van der Waals surface area contributed by atoms with E-state index in [4.69, 9.17) is 11.6 Å². The number of phenols is 1. The van der Waals surface area contributed by atoms with Gasteiger partial charge >= 0.3 is 0 Å². The van der Waals surface area contributed by atoms with E-state index in [2.05, 4.69) is 5.32 Å². The lowest BCUT2D eigenvalue weighted by Gasteiger charge is -2.16. The van der Waals surface area contributed by atoms with Gasteiger partial charge in [-0.1, -0.05) is 29.8 Å². The summed E-state index contributed by atoms with van der Waals surface area (Å²) in [6.07, 6.45) is 1.76. The zero-order valence-electron chi connectivity index (χ0n) is 11.7. The molecule has 0 heterocycles. The fraction of sp³-hybridized carbons (Fsp3) is 0.235. The standard InChI is InChI=1S/C17H16ClNO2/c1-10-3-2-4-15(20)16(10)17(21)19-14-8-5-11-9-12(18)6-7-13(11)14/h2-4,6-7,9,14,20H,5,8H2,1H3,(H,19,21). The third kappa shape index (κ3) is 2.61. The van der Waals surface area contributed by atoms with Gasteiger partial charge in [0.05, 0.1) is 11.6 Å². The smallest absolute Gasteiger partial charge is 0.255 e. The molecule has 1 unspecified atom stereocenters. The summed E-state index contributed by atoms with van der Waals surface area (Å²) in [5.41, 5.74) is 3.41. The van der Waals surface area contributed by atoms with Gasteiger partial charge in [-0.15, -0.1) is 0 Å². The number of hydrogen-bond donors (Lipinski definition) is 2. The van der Waals surface area contributed by atoms with Crippen LogP contribution in [0.2, 0.25) is 5.02 Å². The van der Waals surface area contributed by atoms with Crippen molar-refractivity contribution in [2.75, 3.05) is 0 Å². The minimum Gasteiger partial charge on any atom is -0.507 e. The van der Waals surface area contributed by atoms with Gasteiger partial charge in [-0.3, -0.25) is 4.79 Å². The van der Waals surface area contributed by atoms with Gasteiger partial charge in [-0.2, -0.15) is 0 Å². The van der Waals surface area contributed by atoms with Crippen LogP contribution in [0.15, 0.2) is 36.4 Å². The fourth-order valence-corrected chi connectivity index (χ4v) is 3.11. The molecule has 108 valence electrons. The normalized spacial score (nSPS) is 16.6. The monoisotopic (exact) mass is 301 g/mol. The lowest BCUT2D eigenvalue weighted by molar-refractivity contribution is 0.0933.